The van der Waals surface area contributed by atoms with Gasteiger partial charge in [0.2, 0.25) is 7.37 Å². The van der Waals surface area contributed by atoms with E-state index in [1.807, 2.05) is 6.08 Å². The summed E-state index contributed by atoms with van der Waals surface area (Å²) < 4.78 is 28.6. The highest BCUT2D eigenvalue weighted by molar-refractivity contribution is 7.59. The number of allylic oxidation sites excluding steroid dienone is 1. The van der Waals surface area contributed by atoms with Crippen LogP contribution in [0.4, 0.5) is 0 Å². The van der Waals surface area contributed by atoms with Gasteiger partial charge in [-0.3, -0.25) is 4.57 Å². The van der Waals surface area contributed by atoms with Crippen LogP contribution in [0, 0.1) is 5.92 Å². The van der Waals surface area contributed by atoms with Crippen molar-refractivity contribution in [2.24, 2.45) is 5.92 Å². The third-order valence-corrected chi connectivity index (χ3v) is 6.92. The van der Waals surface area contributed by atoms with Crippen LogP contribution in [0.5, 0.6) is 0 Å². The molecule has 146 valence electrons. The lowest BCUT2D eigenvalue weighted by atomic mass is 9.88. The smallest absolute Gasteiger partial charge is 0.331 e. The molecule has 1 unspecified atom stereocenters. The largest absolute Gasteiger partial charge is 0.478 e. The minimum atomic E-state index is -2.99. The van der Waals surface area contributed by atoms with Gasteiger partial charge in [0.25, 0.3) is 0 Å². The van der Waals surface area contributed by atoms with E-state index in [-0.39, 0.29) is 24.4 Å². The molecule has 0 saturated heterocycles. The van der Waals surface area contributed by atoms with Gasteiger partial charge in [0.05, 0.1) is 12.8 Å². The summed E-state index contributed by atoms with van der Waals surface area (Å²) in [6.07, 6.45) is 9.19. The lowest BCUT2D eigenvalue weighted by Gasteiger charge is -2.21. The van der Waals surface area contributed by atoms with E-state index in [0.717, 1.165) is 32.1 Å². The van der Waals surface area contributed by atoms with E-state index in [4.69, 9.17) is 14.0 Å². The van der Waals surface area contributed by atoms with E-state index in [2.05, 4.69) is 0 Å². The van der Waals surface area contributed by atoms with Gasteiger partial charge >= 0.3 is 5.97 Å². The highest BCUT2D eigenvalue weighted by atomic mass is 31.2. The number of carbonyl (C=O) groups is 1. The molecule has 0 amide bonds. The highest BCUT2D eigenvalue weighted by Crippen LogP contribution is 2.49. The number of hydrogen-bond donors (Lipinski definition) is 1. The minimum absolute atomic E-state index is 0.0194. The van der Waals surface area contributed by atoms with E-state index < -0.39 is 13.3 Å². The highest BCUT2D eigenvalue weighted by Gasteiger charge is 2.27. The van der Waals surface area contributed by atoms with Gasteiger partial charge in [-0.1, -0.05) is 25.3 Å². The van der Waals surface area contributed by atoms with Crippen LogP contribution in [0.2, 0.25) is 0 Å². The molecular formula is C18H33O6P. The van der Waals surface area contributed by atoms with E-state index in [0.29, 0.717) is 25.8 Å². The van der Waals surface area contributed by atoms with Crippen molar-refractivity contribution in [2.75, 3.05) is 39.4 Å². The van der Waals surface area contributed by atoms with Crippen molar-refractivity contribution in [3.05, 3.63) is 11.6 Å². The number of methoxy groups -OCH3 is 1. The van der Waals surface area contributed by atoms with Crippen molar-refractivity contribution in [1.29, 1.82) is 0 Å². The molecule has 1 fully saturated rings. The molecule has 0 radical (unpaired) electrons. The molecule has 0 spiro atoms. The number of aliphatic carboxylic acids is 1. The summed E-state index contributed by atoms with van der Waals surface area (Å²) in [4.78, 5) is 11.6. The molecule has 0 aliphatic heterocycles. The number of unbranched alkanes of at least 4 members (excludes halogenated alkanes) is 1. The molecule has 7 heteroatoms. The molecule has 0 bridgehead atoms. The normalized spacial score (nSPS) is 18.9. The third kappa shape index (κ3) is 9.55. The Hall–Kier alpha value is -0.680. The fraction of sp³-hybridized carbons (Fsp3) is 0.833. The Morgan fingerprint density at radius 2 is 1.96 bits per heavy atom. The first kappa shape index (κ1) is 22.4. The summed E-state index contributed by atoms with van der Waals surface area (Å²) in [6.45, 7) is 2.90. The predicted molar refractivity (Wildman–Crippen MR) is 98.3 cm³/mol. The summed E-state index contributed by atoms with van der Waals surface area (Å²) in [7, 11) is -1.42. The molecule has 1 aliphatic carbocycles. The lowest BCUT2D eigenvalue weighted by molar-refractivity contribution is -0.132. The van der Waals surface area contributed by atoms with Crippen molar-refractivity contribution in [3.8, 4) is 0 Å². The Morgan fingerprint density at radius 3 is 2.56 bits per heavy atom. The van der Waals surface area contributed by atoms with E-state index in [1.165, 1.54) is 6.42 Å². The van der Waals surface area contributed by atoms with Gasteiger partial charge in [0.1, 0.15) is 6.79 Å². The number of carboxylic acids is 1. The van der Waals surface area contributed by atoms with Crippen LogP contribution in [0.25, 0.3) is 0 Å². The topological polar surface area (TPSA) is 82.1 Å². The second-order valence-corrected chi connectivity index (χ2v) is 9.18. The van der Waals surface area contributed by atoms with Crippen LogP contribution >= 0.6 is 7.37 Å². The number of ether oxygens (including phenoxy) is 2. The zero-order valence-electron chi connectivity index (χ0n) is 15.6. The second-order valence-electron chi connectivity index (χ2n) is 6.53. The average Bonchev–Trinajstić information content (AvgIpc) is 2.58. The Bertz CT molecular complexity index is 456. The quantitative estimate of drug-likeness (QED) is 0.223. The maximum absolute atomic E-state index is 13.1. The fourth-order valence-electron chi connectivity index (χ4n) is 3.16. The summed E-state index contributed by atoms with van der Waals surface area (Å²) in [6, 6.07) is 0. The monoisotopic (exact) mass is 376 g/mol. The summed E-state index contributed by atoms with van der Waals surface area (Å²) in [5.41, 5.74) is 0.249. The maximum Gasteiger partial charge on any atom is 0.331 e. The van der Waals surface area contributed by atoms with Crippen molar-refractivity contribution < 1.29 is 28.5 Å². The summed E-state index contributed by atoms with van der Waals surface area (Å²) in [5, 5.41) is 9.53. The van der Waals surface area contributed by atoms with Crippen molar-refractivity contribution >= 4 is 13.3 Å². The Balaban J connectivity index is 2.62. The summed E-state index contributed by atoms with van der Waals surface area (Å²) >= 11 is 0. The van der Waals surface area contributed by atoms with Crippen LogP contribution in [0.1, 0.15) is 51.9 Å². The summed E-state index contributed by atoms with van der Waals surface area (Å²) in [5.74, 6) is -0.689. The molecule has 25 heavy (non-hydrogen) atoms. The predicted octanol–water partition coefficient (Wildman–Crippen LogP) is 4.29. The number of hydrogen-bond acceptors (Lipinski definition) is 5. The SMILES string of the molecule is CCOP(=O)(CCCCOCOC)C/C(=C\C1CCCCC1)C(=O)O. The van der Waals surface area contributed by atoms with Gasteiger partial charge in [0.15, 0.2) is 0 Å². The first-order chi connectivity index (χ1) is 12.0. The maximum atomic E-state index is 13.1. The van der Waals surface area contributed by atoms with Crippen LogP contribution in [0.3, 0.4) is 0 Å². The zero-order chi connectivity index (χ0) is 18.5. The van der Waals surface area contributed by atoms with E-state index in [1.54, 1.807) is 14.0 Å². The molecule has 6 nitrogen and oxygen atoms in total. The molecule has 0 aromatic rings. The Kier molecular flexibility index (Phi) is 11.3. The molecule has 0 aromatic heterocycles. The van der Waals surface area contributed by atoms with Gasteiger partial charge in [-0.05, 0) is 38.5 Å². The van der Waals surface area contributed by atoms with Crippen LogP contribution in [0.15, 0.2) is 11.6 Å². The molecule has 1 saturated carbocycles. The Morgan fingerprint density at radius 1 is 1.24 bits per heavy atom. The molecule has 1 aliphatic rings. The minimum Gasteiger partial charge on any atom is -0.478 e. The van der Waals surface area contributed by atoms with Gasteiger partial charge < -0.3 is 19.1 Å². The average molecular weight is 376 g/mol. The van der Waals surface area contributed by atoms with Gasteiger partial charge in [-0.25, -0.2) is 4.79 Å². The number of rotatable bonds is 13. The zero-order valence-corrected chi connectivity index (χ0v) is 16.5. The van der Waals surface area contributed by atoms with E-state index in [9.17, 15) is 14.5 Å². The standard InChI is InChI=1S/C18H33O6P/c1-3-24-25(21,12-8-7-11-23-15-22-2)14-17(18(19)20)13-16-9-5-4-6-10-16/h13,16H,3-12,14-15H2,1-2H3,(H,19,20)/b17-13+. The van der Waals surface area contributed by atoms with Crippen molar-refractivity contribution in [3.63, 3.8) is 0 Å². The van der Waals surface area contributed by atoms with Crippen LogP contribution in [-0.4, -0.2) is 50.5 Å². The van der Waals surface area contributed by atoms with Crippen LogP contribution in [-0.2, 0) is 23.4 Å². The first-order valence-corrected chi connectivity index (χ1v) is 11.2. The van der Waals surface area contributed by atoms with Crippen LogP contribution < -0.4 is 0 Å². The van der Waals surface area contributed by atoms with Gasteiger partial charge in [-0.15, -0.1) is 0 Å². The van der Waals surface area contributed by atoms with E-state index >= 15 is 0 Å². The molecule has 0 heterocycles. The molecular weight excluding hydrogens is 343 g/mol. The van der Waals surface area contributed by atoms with Crippen molar-refractivity contribution in [1.82, 2.24) is 0 Å². The molecule has 0 aromatic carbocycles. The van der Waals surface area contributed by atoms with Crippen molar-refractivity contribution in [2.45, 2.75) is 51.9 Å². The first-order valence-electron chi connectivity index (χ1n) is 9.24. The molecule has 1 N–H and O–H groups in total. The lowest BCUT2D eigenvalue weighted by Crippen LogP contribution is -2.13. The second kappa shape index (κ2) is 12.6. The molecule has 1 atom stereocenters. The molecule has 1 rings (SSSR count). The van der Waals surface area contributed by atoms with Gasteiger partial charge in [0, 0.05) is 25.5 Å². The number of carboxylic acid groups (broad SMARTS) is 1. The third-order valence-electron chi connectivity index (χ3n) is 4.38. The van der Waals surface area contributed by atoms with Gasteiger partial charge in [-0.2, -0.15) is 0 Å². The Labute approximate surface area is 151 Å². The fourth-order valence-corrected chi connectivity index (χ4v) is 5.47.